The molecule has 0 radical (unpaired) electrons. The minimum Gasteiger partial charge on any atom is -0.399 e. The van der Waals surface area contributed by atoms with Crippen LogP contribution in [0.2, 0.25) is 0 Å². The van der Waals surface area contributed by atoms with Gasteiger partial charge >= 0.3 is 0 Å². The number of anilines is 1. The van der Waals surface area contributed by atoms with Crippen LogP contribution in [0.1, 0.15) is 24.1 Å². The molecule has 0 amide bonds. The molecule has 0 aromatic heterocycles. The summed E-state index contributed by atoms with van der Waals surface area (Å²) in [6.45, 7) is 3.45. The second-order valence-corrected chi connectivity index (χ2v) is 6.63. The Morgan fingerprint density at radius 2 is 1.76 bits per heavy atom. The Morgan fingerprint density at radius 1 is 1.14 bits per heavy atom. The molecule has 3 N–H and O–H groups in total. The first-order valence-electron chi connectivity index (χ1n) is 6.43. The van der Waals surface area contributed by atoms with Crippen molar-refractivity contribution in [3.05, 3.63) is 59.4 Å². The van der Waals surface area contributed by atoms with Crippen molar-refractivity contribution < 1.29 is 12.8 Å². The largest absolute Gasteiger partial charge is 0.399 e. The first kappa shape index (κ1) is 15.5. The zero-order chi connectivity index (χ0) is 15.6. The average molecular weight is 308 g/mol. The molecule has 0 aliphatic carbocycles. The predicted molar refractivity (Wildman–Crippen MR) is 80.7 cm³/mol. The second kappa shape index (κ2) is 5.83. The molecule has 0 spiro atoms. The monoisotopic (exact) mass is 308 g/mol. The van der Waals surface area contributed by atoms with Gasteiger partial charge in [-0.3, -0.25) is 0 Å². The summed E-state index contributed by atoms with van der Waals surface area (Å²) in [7, 11) is -3.66. The lowest BCUT2D eigenvalue weighted by Crippen LogP contribution is -2.27. The topological polar surface area (TPSA) is 72.2 Å². The average Bonchev–Trinajstić information content (AvgIpc) is 2.42. The van der Waals surface area contributed by atoms with Crippen molar-refractivity contribution in [3.8, 4) is 0 Å². The van der Waals surface area contributed by atoms with Gasteiger partial charge in [-0.15, -0.1) is 0 Å². The normalized spacial score (nSPS) is 13.1. The SMILES string of the molecule is Cc1cc(S(=O)(=O)NC(C)c2ccc(F)cc2)ccc1N. The van der Waals surface area contributed by atoms with Crippen LogP contribution in [0.5, 0.6) is 0 Å². The first-order chi connectivity index (χ1) is 9.79. The fourth-order valence-electron chi connectivity index (χ4n) is 1.94. The molecule has 0 aliphatic rings. The van der Waals surface area contributed by atoms with E-state index < -0.39 is 16.1 Å². The third-order valence-corrected chi connectivity index (χ3v) is 4.79. The molecule has 2 aromatic rings. The van der Waals surface area contributed by atoms with Gasteiger partial charge in [0, 0.05) is 11.7 Å². The Bertz CT molecular complexity index is 743. The van der Waals surface area contributed by atoms with E-state index in [1.807, 2.05) is 0 Å². The summed E-state index contributed by atoms with van der Waals surface area (Å²) >= 11 is 0. The van der Waals surface area contributed by atoms with Gasteiger partial charge in [0.25, 0.3) is 0 Å². The molecule has 0 aliphatic heterocycles. The van der Waals surface area contributed by atoms with Gasteiger partial charge in [0.05, 0.1) is 4.90 Å². The third-order valence-electron chi connectivity index (χ3n) is 3.25. The number of nitrogen functional groups attached to an aromatic ring is 1. The maximum absolute atomic E-state index is 12.9. The summed E-state index contributed by atoms with van der Waals surface area (Å²) < 4.78 is 40.1. The van der Waals surface area contributed by atoms with Gasteiger partial charge in [-0.1, -0.05) is 12.1 Å². The maximum Gasteiger partial charge on any atom is 0.241 e. The van der Waals surface area contributed by atoms with Crippen molar-refractivity contribution in [2.75, 3.05) is 5.73 Å². The lowest BCUT2D eigenvalue weighted by Gasteiger charge is -2.15. The Kier molecular flexibility index (Phi) is 4.29. The van der Waals surface area contributed by atoms with E-state index in [0.29, 0.717) is 16.8 Å². The molecule has 2 aromatic carbocycles. The van der Waals surface area contributed by atoms with Crippen molar-refractivity contribution in [2.45, 2.75) is 24.8 Å². The molecule has 0 bridgehead atoms. The summed E-state index contributed by atoms with van der Waals surface area (Å²) in [4.78, 5) is 0.156. The van der Waals surface area contributed by atoms with Crippen LogP contribution in [0.15, 0.2) is 47.4 Å². The van der Waals surface area contributed by atoms with Crippen molar-refractivity contribution >= 4 is 15.7 Å². The third kappa shape index (κ3) is 3.59. The number of nitrogens with one attached hydrogen (secondary N) is 1. The van der Waals surface area contributed by atoms with Crippen LogP contribution in [-0.4, -0.2) is 8.42 Å². The molecule has 112 valence electrons. The standard InChI is InChI=1S/C15H17FN2O2S/c1-10-9-14(7-8-15(10)17)21(19,20)18-11(2)12-3-5-13(16)6-4-12/h3-9,11,18H,17H2,1-2H3. The van der Waals surface area contributed by atoms with Crippen molar-refractivity contribution in [1.82, 2.24) is 4.72 Å². The van der Waals surface area contributed by atoms with Crippen LogP contribution in [0.4, 0.5) is 10.1 Å². The number of nitrogens with two attached hydrogens (primary N) is 1. The van der Waals surface area contributed by atoms with Gasteiger partial charge in [-0.2, -0.15) is 0 Å². The van der Waals surface area contributed by atoms with E-state index in [4.69, 9.17) is 5.73 Å². The number of aryl methyl sites for hydroxylation is 1. The Balaban J connectivity index is 2.24. The van der Waals surface area contributed by atoms with E-state index in [2.05, 4.69) is 4.72 Å². The van der Waals surface area contributed by atoms with Crippen LogP contribution in [0.25, 0.3) is 0 Å². The predicted octanol–water partition coefficient (Wildman–Crippen LogP) is 2.76. The zero-order valence-electron chi connectivity index (χ0n) is 11.8. The van der Waals surface area contributed by atoms with Crippen LogP contribution < -0.4 is 10.5 Å². The summed E-state index contributed by atoms with van der Waals surface area (Å²) in [5.74, 6) is -0.358. The summed E-state index contributed by atoms with van der Waals surface area (Å²) in [6, 6.07) is 9.78. The van der Waals surface area contributed by atoms with E-state index in [0.717, 1.165) is 0 Å². The van der Waals surface area contributed by atoms with E-state index in [-0.39, 0.29) is 10.7 Å². The molecule has 4 nitrogen and oxygen atoms in total. The van der Waals surface area contributed by atoms with E-state index >= 15 is 0 Å². The summed E-state index contributed by atoms with van der Waals surface area (Å²) in [5.41, 5.74) is 7.62. The van der Waals surface area contributed by atoms with Gasteiger partial charge in [-0.25, -0.2) is 17.5 Å². The van der Waals surface area contributed by atoms with Crippen molar-refractivity contribution in [2.24, 2.45) is 0 Å². The number of hydrogen-bond acceptors (Lipinski definition) is 3. The molecule has 1 unspecified atom stereocenters. The molecule has 1 atom stereocenters. The zero-order valence-corrected chi connectivity index (χ0v) is 12.6. The molecular formula is C15H17FN2O2S. The minimum absolute atomic E-state index is 0.156. The Hall–Kier alpha value is -1.92. The van der Waals surface area contributed by atoms with E-state index in [9.17, 15) is 12.8 Å². The molecule has 0 fully saturated rings. The second-order valence-electron chi connectivity index (χ2n) is 4.91. The van der Waals surface area contributed by atoms with Crippen LogP contribution in [0, 0.1) is 12.7 Å². The molecule has 0 heterocycles. The Labute approximate surface area is 123 Å². The molecular weight excluding hydrogens is 291 g/mol. The number of sulfonamides is 1. The minimum atomic E-state index is -3.66. The summed E-state index contributed by atoms with van der Waals surface area (Å²) in [5, 5.41) is 0. The van der Waals surface area contributed by atoms with Crippen LogP contribution in [-0.2, 0) is 10.0 Å². The maximum atomic E-state index is 12.9. The highest BCUT2D eigenvalue weighted by Crippen LogP contribution is 2.20. The molecule has 6 heteroatoms. The first-order valence-corrected chi connectivity index (χ1v) is 7.92. The summed E-state index contributed by atoms with van der Waals surface area (Å²) in [6.07, 6.45) is 0. The lowest BCUT2D eigenvalue weighted by atomic mass is 10.1. The van der Waals surface area contributed by atoms with Gasteiger partial charge in [0.2, 0.25) is 10.0 Å². The van der Waals surface area contributed by atoms with Gasteiger partial charge in [0.15, 0.2) is 0 Å². The molecule has 2 rings (SSSR count). The lowest BCUT2D eigenvalue weighted by molar-refractivity contribution is 0.566. The Morgan fingerprint density at radius 3 is 2.33 bits per heavy atom. The molecule has 0 saturated heterocycles. The number of halogens is 1. The number of rotatable bonds is 4. The van der Waals surface area contributed by atoms with E-state index in [1.54, 1.807) is 32.0 Å². The number of hydrogen-bond donors (Lipinski definition) is 2. The van der Waals surface area contributed by atoms with Crippen LogP contribution in [0.3, 0.4) is 0 Å². The van der Waals surface area contributed by atoms with Crippen molar-refractivity contribution in [1.29, 1.82) is 0 Å². The highest BCUT2D eigenvalue weighted by molar-refractivity contribution is 7.89. The molecule has 0 saturated carbocycles. The van der Waals surface area contributed by atoms with E-state index in [1.165, 1.54) is 24.3 Å². The van der Waals surface area contributed by atoms with Gasteiger partial charge in [-0.05, 0) is 55.3 Å². The fourth-order valence-corrected chi connectivity index (χ4v) is 3.25. The van der Waals surface area contributed by atoms with Crippen molar-refractivity contribution in [3.63, 3.8) is 0 Å². The smallest absolute Gasteiger partial charge is 0.241 e. The number of benzene rings is 2. The van der Waals surface area contributed by atoms with Crippen LogP contribution >= 0.6 is 0 Å². The molecule has 21 heavy (non-hydrogen) atoms. The highest BCUT2D eigenvalue weighted by atomic mass is 32.2. The highest BCUT2D eigenvalue weighted by Gasteiger charge is 2.18. The van der Waals surface area contributed by atoms with Gasteiger partial charge in [0.1, 0.15) is 5.82 Å². The quantitative estimate of drug-likeness (QED) is 0.853. The fraction of sp³-hybridized carbons (Fsp3) is 0.200. The van der Waals surface area contributed by atoms with Gasteiger partial charge < -0.3 is 5.73 Å².